The van der Waals surface area contributed by atoms with Gasteiger partial charge in [0.1, 0.15) is 5.84 Å². The summed E-state index contributed by atoms with van der Waals surface area (Å²) >= 11 is 0. The minimum absolute atomic E-state index is 0.158. The Morgan fingerprint density at radius 1 is 1.25 bits per heavy atom. The van der Waals surface area contributed by atoms with E-state index in [0.29, 0.717) is 5.84 Å². The van der Waals surface area contributed by atoms with Crippen LogP contribution in [0.3, 0.4) is 0 Å². The molecule has 1 rings (SSSR count). The van der Waals surface area contributed by atoms with Crippen LogP contribution in [-0.2, 0) is 9.59 Å². The zero-order valence-electron chi connectivity index (χ0n) is 9.51. The Bertz CT molecular complexity index is 330. The summed E-state index contributed by atoms with van der Waals surface area (Å²) in [6.07, 6.45) is 6.54. The molecule has 1 heterocycles. The van der Waals surface area contributed by atoms with Gasteiger partial charge in [-0.1, -0.05) is 32.6 Å². The third kappa shape index (κ3) is 3.87. The minimum Gasteiger partial charge on any atom is -0.307 e. The van der Waals surface area contributed by atoms with Gasteiger partial charge in [-0.25, -0.2) is 4.79 Å². The van der Waals surface area contributed by atoms with Gasteiger partial charge >= 0.3 is 0 Å². The summed E-state index contributed by atoms with van der Waals surface area (Å²) in [6.45, 7) is 2.17. The molecule has 0 bridgehead atoms. The van der Waals surface area contributed by atoms with E-state index in [2.05, 4.69) is 22.8 Å². The van der Waals surface area contributed by atoms with Crippen LogP contribution in [0.1, 0.15) is 45.4 Å². The van der Waals surface area contributed by atoms with Gasteiger partial charge in [0.25, 0.3) is 5.91 Å². The number of nitrogens with one attached hydrogen (secondary N) is 2. The Balaban J connectivity index is 2.26. The van der Waals surface area contributed by atoms with Crippen molar-refractivity contribution in [2.24, 2.45) is 5.10 Å². The van der Waals surface area contributed by atoms with Crippen molar-refractivity contribution in [3.05, 3.63) is 5.70 Å². The molecule has 88 valence electrons. The minimum atomic E-state index is -0.450. The number of amidine groups is 1. The number of hydrazone groups is 1. The Kier molecular flexibility index (Phi) is 5.29. The molecular formula is C11H17N3O2. The highest BCUT2D eigenvalue weighted by molar-refractivity contribution is 6.11. The first-order valence-electron chi connectivity index (χ1n) is 5.67. The summed E-state index contributed by atoms with van der Waals surface area (Å²) in [5.74, 6) is 1.64. The Hall–Kier alpha value is -1.61. The molecule has 0 aliphatic carbocycles. The van der Waals surface area contributed by atoms with Crippen LogP contribution >= 0.6 is 0 Å². The molecule has 0 spiro atoms. The molecule has 16 heavy (non-hydrogen) atoms. The molecule has 1 amide bonds. The van der Waals surface area contributed by atoms with Gasteiger partial charge in [0.2, 0.25) is 5.70 Å². The lowest BCUT2D eigenvalue weighted by atomic mass is 10.1. The first kappa shape index (κ1) is 12.5. The Morgan fingerprint density at radius 3 is 2.62 bits per heavy atom. The van der Waals surface area contributed by atoms with E-state index in [1.807, 2.05) is 0 Å². The highest BCUT2D eigenvalue weighted by Crippen LogP contribution is 2.06. The lowest BCUT2D eigenvalue weighted by Gasteiger charge is -2.14. The third-order valence-corrected chi connectivity index (χ3v) is 2.41. The van der Waals surface area contributed by atoms with Crippen LogP contribution in [0.5, 0.6) is 0 Å². The molecule has 1 aliphatic rings. The van der Waals surface area contributed by atoms with Crippen LogP contribution in [0.2, 0.25) is 0 Å². The van der Waals surface area contributed by atoms with E-state index in [1.165, 1.54) is 25.2 Å². The van der Waals surface area contributed by atoms with Crippen LogP contribution < -0.4 is 10.7 Å². The molecule has 0 fully saturated rings. The van der Waals surface area contributed by atoms with Gasteiger partial charge in [-0.05, 0) is 6.42 Å². The first-order chi connectivity index (χ1) is 7.77. The van der Waals surface area contributed by atoms with Crippen molar-refractivity contribution < 1.29 is 9.59 Å². The van der Waals surface area contributed by atoms with E-state index in [1.54, 1.807) is 0 Å². The van der Waals surface area contributed by atoms with Crippen LogP contribution in [0, 0.1) is 0 Å². The Morgan fingerprint density at radius 2 is 2.00 bits per heavy atom. The van der Waals surface area contributed by atoms with Crippen LogP contribution in [-0.4, -0.2) is 17.7 Å². The number of carbonyl (C=O) groups is 1. The van der Waals surface area contributed by atoms with Crippen molar-refractivity contribution >= 4 is 17.7 Å². The molecule has 0 aromatic rings. The van der Waals surface area contributed by atoms with Crippen molar-refractivity contribution in [1.29, 1.82) is 0 Å². The van der Waals surface area contributed by atoms with Crippen molar-refractivity contribution in [2.75, 3.05) is 0 Å². The summed E-state index contributed by atoms with van der Waals surface area (Å²) in [4.78, 5) is 21.5. The van der Waals surface area contributed by atoms with Crippen molar-refractivity contribution in [2.45, 2.75) is 45.4 Å². The molecule has 1 aliphatic heterocycles. The fourth-order valence-corrected chi connectivity index (χ4v) is 1.48. The molecule has 2 N–H and O–H groups in total. The van der Waals surface area contributed by atoms with Crippen LogP contribution in [0.15, 0.2) is 10.8 Å². The third-order valence-electron chi connectivity index (χ3n) is 2.41. The normalized spacial score (nSPS) is 14.9. The van der Waals surface area contributed by atoms with Gasteiger partial charge in [0.05, 0.1) is 0 Å². The molecule has 0 saturated carbocycles. The molecule has 5 heteroatoms. The maximum Gasteiger partial charge on any atom is 0.286 e. The largest absolute Gasteiger partial charge is 0.307 e. The quantitative estimate of drug-likeness (QED) is 0.402. The van der Waals surface area contributed by atoms with E-state index in [4.69, 9.17) is 0 Å². The number of hydrogen-bond acceptors (Lipinski definition) is 4. The molecule has 0 radical (unpaired) electrons. The van der Waals surface area contributed by atoms with Crippen molar-refractivity contribution in [3.8, 4) is 0 Å². The predicted octanol–water partition coefficient (Wildman–Crippen LogP) is 1.10. The molecule has 5 nitrogen and oxygen atoms in total. The summed E-state index contributed by atoms with van der Waals surface area (Å²) < 4.78 is 0. The average Bonchev–Trinajstić information content (AvgIpc) is 2.29. The monoisotopic (exact) mass is 223 g/mol. The number of hydrogen-bond donors (Lipinski definition) is 2. The van der Waals surface area contributed by atoms with Crippen LogP contribution in [0.4, 0.5) is 0 Å². The number of amides is 1. The summed E-state index contributed by atoms with van der Waals surface area (Å²) in [7, 11) is 0. The molecule has 0 atom stereocenters. The zero-order valence-corrected chi connectivity index (χ0v) is 9.51. The van der Waals surface area contributed by atoms with Gasteiger partial charge in [-0.15, -0.1) is 0 Å². The lowest BCUT2D eigenvalue weighted by Crippen LogP contribution is -2.41. The standard InChI is InChI=1S/C11H17N3O2/c1-2-3-4-5-6-7-10-12-11(16)9(8-15)13-14-10/h13H,2-7H2,1H3,(H,12,14,16). The summed E-state index contributed by atoms with van der Waals surface area (Å²) in [6, 6.07) is 0. The van der Waals surface area contributed by atoms with E-state index in [0.717, 1.165) is 19.3 Å². The zero-order chi connectivity index (χ0) is 11.8. The highest BCUT2D eigenvalue weighted by Gasteiger charge is 2.17. The molecule has 0 saturated heterocycles. The maximum absolute atomic E-state index is 11.2. The lowest BCUT2D eigenvalue weighted by molar-refractivity contribution is -0.116. The highest BCUT2D eigenvalue weighted by atomic mass is 16.2. The van der Waals surface area contributed by atoms with Crippen molar-refractivity contribution in [3.63, 3.8) is 0 Å². The molecule has 0 aromatic heterocycles. The number of rotatable bonds is 6. The first-order valence-corrected chi connectivity index (χ1v) is 5.67. The number of carbonyl (C=O) groups excluding carboxylic acids is 2. The van der Waals surface area contributed by atoms with Gasteiger partial charge in [-0.3, -0.25) is 10.2 Å². The van der Waals surface area contributed by atoms with Crippen molar-refractivity contribution in [1.82, 2.24) is 10.7 Å². The Labute approximate surface area is 95.0 Å². The molecule has 0 unspecified atom stereocenters. The molecular weight excluding hydrogens is 206 g/mol. The van der Waals surface area contributed by atoms with E-state index in [9.17, 15) is 9.59 Å². The number of nitrogens with zero attached hydrogens (tertiary/aromatic N) is 1. The second-order valence-electron chi connectivity index (χ2n) is 3.77. The maximum atomic E-state index is 11.2. The fourth-order valence-electron chi connectivity index (χ4n) is 1.48. The number of unbranched alkanes of at least 4 members (excludes halogenated alkanes) is 4. The summed E-state index contributed by atoms with van der Waals surface area (Å²) in [5.41, 5.74) is 2.23. The fraction of sp³-hybridized carbons (Fsp3) is 0.636. The van der Waals surface area contributed by atoms with Crippen LogP contribution in [0.25, 0.3) is 0 Å². The summed E-state index contributed by atoms with van der Waals surface area (Å²) in [5, 5.41) is 6.44. The molecule has 0 aromatic carbocycles. The van der Waals surface area contributed by atoms with Gasteiger partial charge in [-0.2, -0.15) is 5.10 Å². The van der Waals surface area contributed by atoms with Gasteiger partial charge in [0, 0.05) is 6.42 Å². The van der Waals surface area contributed by atoms with E-state index in [-0.39, 0.29) is 5.70 Å². The SMILES string of the molecule is CCCCCCCC1=NNC(=C=O)C(=O)N1. The predicted molar refractivity (Wildman–Crippen MR) is 61.3 cm³/mol. The van der Waals surface area contributed by atoms with E-state index >= 15 is 0 Å². The average molecular weight is 223 g/mol. The smallest absolute Gasteiger partial charge is 0.286 e. The van der Waals surface area contributed by atoms with Gasteiger partial charge in [0.15, 0.2) is 5.94 Å². The second-order valence-corrected chi connectivity index (χ2v) is 3.77. The van der Waals surface area contributed by atoms with E-state index < -0.39 is 5.91 Å². The second kappa shape index (κ2) is 6.80. The topological polar surface area (TPSA) is 70.6 Å². The van der Waals surface area contributed by atoms with Gasteiger partial charge < -0.3 is 5.32 Å².